The molecule has 2 aromatic carbocycles. The standard InChI is InChI=1S/C22H25NO5/c1-4-27-20(25)22(3,21(26)28-5-2)18(16-12-8-6-9-13-16)23-19(24)17-14-10-7-11-15-17/h6-15,18H,4-5H2,1-3H3,(H,23,24). The molecule has 0 bridgehead atoms. The second-order valence-electron chi connectivity index (χ2n) is 6.33. The summed E-state index contributed by atoms with van der Waals surface area (Å²) in [6.45, 7) is 4.95. The maximum atomic E-state index is 12.8. The quantitative estimate of drug-likeness (QED) is 0.559. The van der Waals surface area contributed by atoms with Crippen LogP contribution in [0.5, 0.6) is 0 Å². The number of nitrogens with one attached hydrogen (secondary N) is 1. The van der Waals surface area contributed by atoms with Crippen molar-refractivity contribution in [3.63, 3.8) is 0 Å². The van der Waals surface area contributed by atoms with Crippen molar-refractivity contribution >= 4 is 17.8 Å². The first-order chi connectivity index (χ1) is 13.4. The molecule has 0 saturated carbocycles. The number of hydrogen-bond donors (Lipinski definition) is 1. The molecule has 0 spiro atoms. The van der Waals surface area contributed by atoms with Crippen LogP contribution in [-0.2, 0) is 19.1 Å². The maximum Gasteiger partial charge on any atom is 0.325 e. The van der Waals surface area contributed by atoms with E-state index in [1.165, 1.54) is 6.92 Å². The lowest BCUT2D eigenvalue weighted by atomic mass is 9.78. The molecular weight excluding hydrogens is 358 g/mol. The summed E-state index contributed by atoms with van der Waals surface area (Å²) in [5.74, 6) is -1.92. The Morgan fingerprint density at radius 1 is 0.857 bits per heavy atom. The first kappa shape index (κ1) is 21.2. The topological polar surface area (TPSA) is 81.7 Å². The molecule has 28 heavy (non-hydrogen) atoms. The Morgan fingerprint density at radius 3 is 1.79 bits per heavy atom. The van der Waals surface area contributed by atoms with E-state index in [4.69, 9.17) is 9.47 Å². The van der Waals surface area contributed by atoms with Gasteiger partial charge in [-0.2, -0.15) is 0 Å². The number of benzene rings is 2. The number of hydrogen-bond acceptors (Lipinski definition) is 5. The molecule has 0 fully saturated rings. The summed E-state index contributed by atoms with van der Waals surface area (Å²) in [6, 6.07) is 16.5. The lowest BCUT2D eigenvalue weighted by Crippen LogP contribution is -2.50. The van der Waals surface area contributed by atoms with E-state index in [-0.39, 0.29) is 13.2 Å². The van der Waals surface area contributed by atoms with Gasteiger partial charge in [-0.05, 0) is 38.5 Å². The average Bonchev–Trinajstić information content (AvgIpc) is 2.72. The van der Waals surface area contributed by atoms with Crippen molar-refractivity contribution in [1.29, 1.82) is 0 Å². The van der Waals surface area contributed by atoms with Crippen LogP contribution >= 0.6 is 0 Å². The molecule has 6 nitrogen and oxygen atoms in total. The number of esters is 2. The third-order valence-electron chi connectivity index (χ3n) is 4.42. The lowest BCUT2D eigenvalue weighted by Gasteiger charge is -2.34. The summed E-state index contributed by atoms with van der Waals surface area (Å²) in [7, 11) is 0. The highest BCUT2D eigenvalue weighted by Gasteiger charge is 2.52. The summed E-state index contributed by atoms with van der Waals surface area (Å²) in [4.78, 5) is 38.5. The molecule has 0 aliphatic carbocycles. The molecule has 0 heterocycles. The Balaban J connectivity index is 2.52. The van der Waals surface area contributed by atoms with E-state index in [1.807, 2.05) is 6.07 Å². The Kier molecular flexibility index (Phi) is 7.32. The maximum absolute atomic E-state index is 12.8. The molecule has 2 aromatic rings. The van der Waals surface area contributed by atoms with Crippen LogP contribution in [0.1, 0.15) is 42.7 Å². The van der Waals surface area contributed by atoms with Gasteiger partial charge in [0.2, 0.25) is 0 Å². The molecule has 1 atom stereocenters. The summed E-state index contributed by atoms with van der Waals surface area (Å²) in [5, 5.41) is 2.83. The van der Waals surface area contributed by atoms with Gasteiger partial charge in [-0.25, -0.2) is 0 Å². The third-order valence-corrected chi connectivity index (χ3v) is 4.42. The minimum Gasteiger partial charge on any atom is -0.465 e. The van der Waals surface area contributed by atoms with Gasteiger partial charge < -0.3 is 14.8 Å². The van der Waals surface area contributed by atoms with Crippen molar-refractivity contribution in [2.45, 2.75) is 26.8 Å². The van der Waals surface area contributed by atoms with Crippen molar-refractivity contribution in [3.05, 3.63) is 71.8 Å². The van der Waals surface area contributed by atoms with Crippen LogP contribution in [0, 0.1) is 5.41 Å². The molecule has 0 saturated heterocycles. The third kappa shape index (κ3) is 4.57. The van der Waals surface area contributed by atoms with E-state index in [2.05, 4.69) is 5.32 Å². The minimum atomic E-state index is -1.75. The van der Waals surface area contributed by atoms with E-state index < -0.39 is 29.3 Å². The Morgan fingerprint density at radius 2 is 1.32 bits per heavy atom. The fourth-order valence-electron chi connectivity index (χ4n) is 2.89. The molecule has 2 rings (SSSR count). The molecule has 148 valence electrons. The second-order valence-corrected chi connectivity index (χ2v) is 6.33. The minimum absolute atomic E-state index is 0.0992. The van der Waals surface area contributed by atoms with Crippen molar-refractivity contribution in [2.75, 3.05) is 13.2 Å². The van der Waals surface area contributed by atoms with Crippen LogP contribution < -0.4 is 5.32 Å². The van der Waals surface area contributed by atoms with Gasteiger partial charge in [-0.15, -0.1) is 0 Å². The van der Waals surface area contributed by atoms with Crippen LogP contribution in [0.25, 0.3) is 0 Å². The van der Waals surface area contributed by atoms with Gasteiger partial charge in [0.15, 0.2) is 5.41 Å². The predicted molar refractivity (Wildman–Crippen MR) is 104 cm³/mol. The van der Waals surface area contributed by atoms with E-state index in [0.717, 1.165) is 0 Å². The number of carbonyl (C=O) groups is 3. The van der Waals surface area contributed by atoms with E-state index in [0.29, 0.717) is 11.1 Å². The smallest absolute Gasteiger partial charge is 0.325 e. The van der Waals surface area contributed by atoms with Gasteiger partial charge in [-0.1, -0.05) is 48.5 Å². The van der Waals surface area contributed by atoms with Crippen LogP contribution in [0.2, 0.25) is 0 Å². The molecule has 0 aromatic heterocycles. The van der Waals surface area contributed by atoms with Gasteiger partial charge in [-0.3, -0.25) is 14.4 Å². The fraction of sp³-hybridized carbons (Fsp3) is 0.318. The van der Waals surface area contributed by atoms with Gasteiger partial charge >= 0.3 is 11.9 Å². The molecule has 1 N–H and O–H groups in total. The highest BCUT2D eigenvalue weighted by atomic mass is 16.6. The average molecular weight is 383 g/mol. The van der Waals surface area contributed by atoms with Gasteiger partial charge in [0, 0.05) is 5.56 Å². The Bertz CT molecular complexity index is 786. The van der Waals surface area contributed by atoms with E-state index in [1.54, 1.807) is 68.4 Å². The molecule has 0 aliphatic rings. The molecule has 0 radical (unpaired) electrons. The number of ether oxygens (including phenoxy) is 2. The van der Waals surface area contributed by atoms with Crippen LogP contribution in [0.3, 0.4) is 0 Å². The number of carbonyl (C=O) groups excluding carboxylic acids is 3. The van der Waals surface area contributed by atoms with Crippen LogP contribution in [-0.4, -0.2) is 31.1 Å². The van der Waals surface area contributed by atoms with Crippen molar-refractivity contribution in [1.82, 2.24) is 5.32 Å². The highest BCUT2D eigenvalue weighted by Crippen LogP contribution is 2.37. The Hall–Kier alpha value is -3.15. The van der Waals surface area contributed by atoms with E-state index >= 15 is 0 Å². The van der Waals surface area contributed by atoms with Crippen molar-refractivity contribution < 1.29 is 23.9 Å². The van der Waals surface area contributed by atoms with Crippen molar-refractivity contribution in [3.8, 4) is 0 Å². The van der Waals surface area contributed by atoms with Gasteiger partial charge in [0.1, 0.15) is 0 Å². The zero-order chi connectivity index (χ0) is 20.6. The normalized spacial score (nSPS) is 12.0. The zero-order valence-corrected chi connectivity index (χ0v) is 16.3. The first-order valence-corrected chi connectivity index (χ1v) is 9.20. The second kappa shape index (κ2) is 9.69. The SMILES string of the molecule is CCOC(=O)C(C)(C(=O)OCC)C(NC(=O)c1ccccc1)c1ccccc1. The monoisotopic (exact) mass is 383 g/mol. The van der Waals surface area contributed by atoms with Gasteiger partial charge in [0.25, 0.3) is 5.91 Å². The van der Waals surface area contributed by atoms with E-state index in [9.17, 15) is 14.4 Å². The predicted octanol–water partition coefficient (Wildman–Crippen LogP) is 3.29. The zero-order valence-electron chi connectivity index (χ0n) is 16.3. The molecular formula is C22H25NO5. The first-order valence-electron chi connectivity index (χ1n) is 9.20. The Labute approximate surface area is 164 Å². The fourth-order valence-corrected chi connectivity index (χ4v) is 2.89. The molecule has 1 amide bonds. The van der Waals surface area contributed by atoms with Crippen molar-refractivity contribution in [2.24, 2.45) is 5.41 Å². The lowest BCUT2D eigenvalue weighted by molar-refractivity contribution is -0.173. The summed E-state index contributed by atoms with van der Waals surface area (Å²) in [6.07, 6.45) is 0. The highest BCUT2D eigenvalue weighted by molar-refractivity contribution is 6.02. The van der Waals surface area contributed by atoms with Gasteiger partial charge in [0.05, 0.1) is 19.3 Å². The molecule has 6 heteroatoms. The molecule has 0 aliphatic heterocycles. The van der Waals surface area contributed by atoms with Crippen LogP contribution in [0.4, 0.5) is 0 Å². The number of amides is 1. The summed E-state index contributed by atoms with van der Waals surface area (Å²) >= 11 is 0. The summed E-state index contributed by atoms with van der Waals surface area (Å²) in [5.41, 5.74) is -0.744. The summed E-state index contributed by atoms with van der Waals surface area (Å²) < 4.78 is 10.3. The molecule has 1 unspecified atom stereocenters. The van der Waals surface area contributed by atoms with Crippen LogP contribution in [0.15, 0.2) is 60.7 Å². The number of rotatable bonds is 8. The largest absolute Gasteiger partial charge is 0.465 e.